The van der Waals surface area contributed by atoms with Crippen LogP contribution < -0.4 is 0 Å². The molecule has 3 rings (SSSR count). The van der Waals surface area contributed by atoms with Gasteiger partial charge in [-0.15, -0.1) is 0 Å². The van der Waals surface area contributed by atoms with Crippen LogP contribution in [0, 0.1) is 19.8 Å². The Morgan fingerprint density at radius 3 is 2.89 bits per heavy atom. The molecule has 27 heavy (non-hydrogen) atoms. The van der Waals surface area contributed by atoms with Crippen molar-refractivity contribution in [2.75, 3.05) is 32.9 Å². The molecule has 1 aromatic heterocycles. The van der Waals surface area contributed by atoms with Gasteiger partial charge in [-0.3, -0.25) is 4.79 Å². The van der Waals surface area contributed by atoms with Gasteiger partial charge >= 0.3 is 0 Å². The SMILES string of the molecule is Cc1noc(C)c1COCC1COCCN(C(=O)c2ccc(O)cc2O)C1. The van der Waals surface area contributed by atoms with Crippen molar-refractivity contribution in [1.29, 1.82) is 0 Å². The van der Waals surface area contributed by atoms with E-state index in [1.54, 1.807) is 4.90 Å². The number of phenols is 2. The molecule has 8 nitrogen and oxygen atoms in total. The molecular weight excluding hydrogens is 352 g/mol. The van der Waals surface area contributed by atoms with Crippen molar-refractivity contribution in [2.24, 2.45) is 5.92 Å². The lowest BCUT2D eigenvalue weighted by atomic mass is 10.1. The highest BCUT2D eigenvalue weighted by atomic mass is 16.5. The van der Waals surface area contributed by atoms with Crippen LogP contribution >= 0.6 is 0 Å². The van der Waals surface area contributed by atoms with Gasteiger partial charge in [0.15, 0.2) is 0 Å². The van der Waals surface area contributed by atoms with Gasteiger partial charge in [-0.25, -0.2) is 0 Å². The van der Waals surface area contributed by atoms with E-state index >= 15 is 0 Å². The van der Waals surface area contributed by atoms with Crippen LogP contribution in [0.2, 0.25) is 0 Å². The zero-order valence-electron chi connectivity index (χ0n) is 15.5. The van der Waals surface area contributed by atoms with Crippen molar-refractivity contribution in [3.63, 3.8) is 0 Å². The van der Waals surface area contributed by atoms with Gasteiger partial charge in [-0.1, -0.05) is 5.16 Å². The lowest BCUT2D eigenvalue weighted by Gasteiger charge is -2.24. The lowest BCUT2D eigenvalue weighted by Crippen LogP contribution is -2.37. The van der Waals surface area contributed by atoms with Crippen LogP contribution in [0.5, 0.6) is 11.5 Å². The van der Waals surface area contributed by atoms with Crippen molar-refractivity contribution in [1.82, 2.24) is 10.1 Å². The van der Waals surface area contributed by atoms with Gasteiger partial charge < -0.3 is 29.1 Å². The molecule has 0 bridgehead atoms. The topological polar surface area (TPSA) is 105 Å². The number of aromatic hydroxyl groups is 2. The minimum atomic E-state index is -0.297. The molecule has 2 heterocycles. The van der Waals surface area contributed by atoms with E-state index in [0.29, 0.717) is 39.5 Å². The summed E-state index contributed by atoms with van der Waals surface area (Å²) in [6.45, 7) is 6.34. The van der Waals surface area contributed by atoms with Crippen molar-refractivity contribution >= 4 is 5.91 Å². The Morgan fingerprint density at radius 2 is 2.19 bits per heavy atom. The Kier molecular flexibility index (Phi) is 5.98. The van der Waals surface area contributed by atoms with E-state index in [0.717, 1.165) is 23.1 Å². The first-order chi connectivity index (χ1) is 13.0. The van der Waals surface area contributed by atoms with Crippen LogP contribution in [-0.2, 0) is 16.1 Å². The number of hydrogen-bond acceptors (Lipinski definition) is 7. The summed E-state index contributed by atoms with van der Waals surface area (Å²) in [5.74, 6) is 0.124. The van der Waals surface area contributed by atoms with Gasteiger partial charge in [0.25, 0.3) is 5.91 Å². The van der Waals surface area contributed by atoms with Crippen LogP contribution in [0.15, 0.2) is 22.7 Å². The molecule has 1 aromatic carbocycles. The third-order valence-corrected chi connectivity index (χ3v) is 4.62. The van der Waals surface area contributed by atoms with Gasteiger partial charge in [0.05, 0.1) is 37.7 Å². The summed E-state index contributed by atoms with van der Waals surface area (Å²) in [5.41, 5.74) is 1.90. The average molecular weight is 376 g/mol. The quantitative estimate of drug-likeness (QED) is 0.822. The molecule has 1 amide bonds. The van der Waals surface area contributed by atoms with E-state index in [9.17, 15) is 15.0 Å². The van der Waals surface area contributed by atoms with Gasteiger partial charge in [0.1, 0.15) is 17.3 Å². The van der Waals surface area contributed by atoms with Crippen LogP contribution in [0.4, 0.5) is 0 Å². The Hall–Kier alpha value is -2.58. The Balaban J connectivity index is 1.60. The Bertz CT molecular complexity index is 784. The smallest absolute Gasteiger partial charge is 0.257 e. The second kappa shape index (κ2) is 8.41. The predicted octanol–water partition coefficient (Wildman–Crippen LogP) is 2.01. The first-order valence-electron chi connectivity index (χ1n) is 8.84. The van der Waals surface area contributed by atoms with Crippen molar-refractivity contribution in [2.45, 2.75) is 20.5 Å². The molecule has 1 aliphatic rings. The van der Waals surface area contributed by atoms with Crippen molar-refractivity contribution in [3.05, 3.63) is 40.8 Å². The molecule has 0 saturated carbocycles. The first-order valence-corrected chi connectivity index (χ1v) is 8.84. The standard InChI is InChI=1S/C19H24N2O6/c1-12-17(13(2)27-20-12)11-26-10-14-8-21(5-6-25-9-14)19(24)16-4-3-15(22)7-18(16)23/h3-4,7,14,22-23H,5-6,8-11H2,1-2H3. The summed E-state index contributed by atoms with van der Waals surface area (Å²) >= 11 is 0. The van der Waals surface area contributed by atoms with Crippen LogP contribution in [-0.4, -0.2) is 59.1 Å². The van der Waals surface area contributed by atoms with Gasteiger partial charge in [-0.2, -0.15) is 0 Å². The average Bonchev–Trinajstić information content (AvgIpc) is 2.83. The first kappa shape index (κ1) is 19.2. The van der Waals surface area contributed by atoms with Crippen molar-refractivity contribution in [3.8, 4) is 11.5 Å². The molecule has 1 aliphatic heterocycles. The largest absolute Gasteiger partial charge is 0.508 e. The van der Waals surface area contributed by atoms with Crippen LogP contribution in [0.25, 0.3) is 0 Å². The number of benzene rings is 1. The molecule has 2 aromatic rings. The normalized spacial score (nSPS) is 17.7. The summed E-state index contributed by atoms with van der Waals surface area (Å²) < 4.78 is 16.5. The second-order valence-electron chi connectivity index (χ2n) is 6.71. The predicted molar refractivity (Wildman–Crippen MR) is 95.6 cm³/mol. The number of hydrogen-bond donors (Lipinski definition) is 2. The molecule has 1 fully saturated rings. The molecule has 1 saturated heterocycles. The molecule has 0 aliphatic carbocycles. The molecule has 1 unspecified atom stereocenters. The number of aromatic nitrogens is 1. The highest BCUT2D eigenvalue weighted by molar-refractivity contribution is 5.97. The third-order valence-electron chi connectivity index (χ3n) is 4.62. The molecular formula is C19H24N2O6. The number of ether oxygens (including phenoxy) is 2. The van der Waals surface area contributed by atoms with Gasteiger partial charge in [-0.05, 0) is 26.0 Å². The minimum absolute atomic E-state index is 0.0104. The summed E-state index contributed by atoms with van der Waals surface area (Å²) in [6.07, 6.45) is 0. The number of carbonyl (C=O) groups is 1. The summed E-state index contributed by atoms with van der Waals surface area (Å²) in [5, 5.41) is 23.3. The lowest BCUT2D eigenvalue weighted by molar-refractivity contribution is 0.0434. The molecule has 0 spiro atoms. The van der Waals surface area contributed by atoms with Crippen molar-refractivity contribution < 1.29 is 29.0 Å². The number of nitrogens with zero attached hydrogens (tertiary/aromatic N) is 2. The molecule has 0 radical (unpaired) electrons. The number of carbonyl (C=O) groups excluding carboxylic acids is 1. The summed E-state index contributed by atoms with van der Waals surface area (Å²) in [4.78, 5) is 14.4. The minimum Gasteiger partial charge on any atom is -0.508 e. The number of amides is 1. The highest BCUT2D eigenvalue weighted by Crippen LogP contribution is 2.24. The Labute approximate surface area is 157 Å². The number of phenolic OH excluding ortho intramolecular Hbond substituents is 2. The summed E-state index contributed by atoms with van der Waals surface area (Å²) in [6, 6.07) is 3.96. The maximum atomic E-state index is 12.7. The second-order valence-corrected chi connectivity index (χ2v) is 6.71. The molecule has 146 valence electrons. The maximum Gasteiger partial charge on any atom is 0.257 e. The van der Waals surface area contributed by atoms with Crippen LogP contribution in [0.1, 0.15) is 27.4 Å². The van der Waals surface area contributed by atoms with Gasteiger partial charge in [0, 0.05) is 30.6 Å². The molecule has 2 N–H and O–H groups in total. The van der Waals surface area contributed by atoms with E-state index < -0.39 is 0 Å². The summed E-state index contributed by atoms with van der Waals surface area (Å²) in [7, 11) is 0. The van der Waals surface area contributed by atoms with E-state index in [1.165, 1.54) is 12.1 Å². The van der Waals surface area contributed by atoms with E-state index in [-0.39, 0.29) is 28.9 Å². The van der Waals surface area contributed by atoms with E-state index in [1.807, 2.05) is 13.8 Å². The number of aryl methyl sites for hydroxylation is 2. The Morgan fingerprint density at radius 1 is 1.37 bits per heavy atom. The zero-order valence-corrected chi connectivity index (χ0v) is 15.5. The maximum absolute atomic E-state index is 12.7. The fraction of sp³-hybridized carbons (Fsp3) is 0.474. The fourth-order valence-electron chi connectivity index (χ4n) is 3.07. The van der Waals surface area contributed by atoms with Gasteiger partial charge in [0.2, 0.25) is 0 Å². The van der Waals surface area contributed by atoms with Crippen LogP contribution in [0.3, 0.4) is 0 Å². The van der Waals surface area contributed by atoms with E-state index in [4.69, 9.17) is 14.0 Å². The highest BCUT2D eigenvalue weighted by Gasteiger charge is 2.25. The van der Waals surface area contributed by atoms with E-state index in [2.05, 4.69) is 5.16 Å². The monoisotopic (exact) mass is 376 g/mol. The number of rotatable bonds is 5. The molecule has 8 heteroatoms. The fourth-order valence-corrected chi connectivity index (χ4v) is 3.07. The molecule has 1 atom stereocenters. The zero-order chi connectivity index (χ0) is 19.4. The third kappa shape index (κ3) is 4.58.